The maximum Gasteiger partial charge on any atom is 0.161 e. The molecule has 0 saturated heterocycles. The van der Waals surface area contributed by atoms with Crippen molar-refractivity contribution in [1.29, 1.82) is 0 Å². The summed E-state index contributed by atoms with van der Waals surface area (Å²) in [6.07, 6.45) is 3.46. The zero-order valence-electron chi connectivity index (χ0n) is 13.6. The smallest absolute Gasteiger partial charge is 0.161 e. The lowest BCUT2D eigenvalue weighted by Gasteiger charge is -2.26. The molecule has 1 N–H and O–H groups in total. The predicted molar refractivity (Wildman–Crippen MR) is 84.3 cm³/mol. The molecule has 0 aliphatic rings. The van der Waals surface area contributed by atoms with E-state index in [9.17, 15) is 5.11 Å². The van der Waals surface area contributed by atoms with Crippen LogP contribution in [0.1, 0.15) is 52.9 Å². The average molecular weight is 285 g/mol. The van der Waals surface area contributed by atoms with Crippen LogP contribution in [0.4, 0.5) is 0 Å². The summed E-state index contributed by atoms with van der Waals surface area (Å²) in [6, 6.07) is 3.79. The van der Waals surface area contributed by atoms with Gasteiger partial charge < -0.3 is 5.11 Å². The maximum atomic E-state index is 10.6. The predicted octanol–water partition coefficient (Wildman–Crippen LogP) is 3.84. The van der Waals surface area contributed by atoms with Crippen molar-refractivity contribution in [2.75, 3.05) is 0 Å². The van der Waals surface area contributed by atoms with Gasteiger partial charge in [-0.05, 0) is 12.1 Å². The van der Waals surface area contributed by atoms with Crippen LogP contribution in [-0.4, -0.2) is 20.1 Å². The Morgan fingerprint density at radius 2 is 1.43 bits per heavy atom. The summed E-state index contributed by atoms with van der Waals surface area (Å²) in [4.78, 5) is 13.3. The highest BCUT2D eigenvalue weighted by Crippen LogP contribution is 2.37. The van der Waals surface area contributed by atoms with E-state index in [-0.39, 0.29) is 16.6 Å². The first-order chi connectivity index (χ1) is 9.60. The van der Waals surface area contributed by atoms with Gasteiger partial charge in [0, 0.05) is 28.8 Å². The molecule has 2 heterocycles. The minimum absolute atomic E-state index is 0.197. The Morgan fingerprint density at radius 3 is 1.81 bits per heavy atom. The zero-order valence-corrected chi connectivity index (χ0v) is 13.6. The molecule has 2 aromatic heterocycles. The van der Waals surface area contributed by atoms with Gasteiger partial charge in [0.15, 0.2) is 11.6 Å². The molecule has 0 atom stereocenters. The van der Waals surface area contributed by atoms with E-state index in [1.807, 2.05) is 53.7 Å². The Bertz CT molecular complexity index is 602. The highest BCUT2D eigenvalue weighted by atomic mass is 16.3. The van der Waals surface area contributed by atoms with E-state index in [2.05, 4.69) is 15.0 Å². The van der Waals surface area contributed by atoms with Crippen molar-refractivity contribution in [3.63, 3.8) is 0 Å². The molecule has 0 bridgehead atoms. The second kappa shape index (κ2) is 5.10. The van der Waals surface area contributed by atoms with E-state index in [1.54, 1.807) is 12.4 Å². The summed E-state index contributed by atoms with van der Waals surface area (Å²) < 4.78 is 0. The summed E-state index contributed by atoms with van der Waals surface area (Å²) >= 11 is 0. The highest BCUT2D eigenvalue weighted by molar-refractivity contribution is 5.56. The van der Waals surface area contributed by atoms with Crippen LogP contribution in [0.15, 0.2) is 24.5 Å². The van der Waals surface area contributed by atoms with Gasteiger partial charge >= 0.3 is 0 Å². The van der Waals surface area contributed by atoms with Gasteiger partial charge in [-0.25, -0.2) is 9.97 Å². The van der Waals surface area contributed by atoms with E-state index in [0.717, 1.165) is 5.56 Å². The topological polar surface area (TPSA) is 58.9 Å². The lowest BCUT2D eigenvalue weighted by Crippen LogP contribution is -2.21. The maximum absolute atomic E-state index is 10.6. The number of hydrogen-bond donors (Lipinski definition) is 1. The second-order valence-corrected chi connectivity index (χ2v) is 7.33. The molecule has 112 valence electrons. The standard InChI is InChI=1S/C17H23N3O/c1-16(2,3)13-12(21)14(17(4,5)6)20-15(19-13)11-8-7-9-18-10-11/h7-10,21H,1-6H3. The van der Waals surface area contributed by atoms with Crippen molar-refractivity contribution in [2.45, 2.75) is 52.4 Å². The Labute approximate surface area is 126 Å². The molecular formula is C17H23N3O. The first-order valence-electron chi connectivity index (χ1n) is 7.13. The van der Waals surface area contributed by atoms with Crippen molar-refractivity contribution in [3.05, 3.63) is 35.9 Å². The number of pyridine rings is 1. The third kappa shape index (κ3) is 3.20. The summed E-state index contributed by atoms with van der Waals surface area (Å²) in [6.45, 7) is 12.2. The van der Waals surface area contributed by atoms with Crippen LogP contribution in [0.3, 0.4) is 0 Å². The SMILES string of the molecule is CC(C)(C)c1nc(-c2cccnc2)nc(C(C)(C)C)c1O. The Balaban J connectivity index is 2.75. The van der Waals surface area contributed by atoms with Gasteiger partial charge in [0.1, 0.15) is 0 Å². The molecule has 21 heavy (non-hydrogen) atoms. The molecular weight excluding hydrogens is 262 g/mol. The van der Waals surface area contributed by atoms with E-state index in [1.165, 1.54) is 0 Å². The van der Waals surface area contributed by atoms with Crippen molar-refractivity contribution in [3.8, 4) is 17.1 Å². The number of nitrogens with zero attached hydrogens (tertiary/aromatic N) is 3. The van der Waals surface area contributed by atoms with Crippen LogP contribution >= 0.6 is 0 Å². The molecule has 0 spiro atoms. The lowest BCUT2D eigenvalue weighted by molar-refractivity contribution is 0.407. The van der Waals surface area contributed by atoms with Crippen molar-refractivity contribution in [2.24, 2.45) is 0 Å². The highest BCUT2D eigenvalue weighted by Gasteiger charge is 2.29. The van der Waals surface area contributed by atoms with Gasteiger partial charge in [-0.2, -0.15) is 0 Å². The zero-order chi connectivity index (χ0) is 15.8. The van der Waals surface area contributed by atoms with Gasteiger partial charge in [0.05, 0.1) is 11.4 Å². The van der Waals surface area contributed by atoms with Gasteiger partial charge in [-0.15, -0.1) is 0 Å². The molecule has 0 radical (unpaired) electrons. The van der Waals surface area contributed by atoms with Crippen molar-refractivity contribution in [1.82, 2.24) is 15.0 Å². The van der Waals surface area contributed by atoms with Gasteiger partial charge in [0.2, 0.25) is 0 Å². The summed E-state index contributed by atoms with van der Waals surface area (Å²) in [5.41, 5.74) is 1.67. The first kappa shape index (κ1) is 15.4. The second-order valence-electron chi connectivity index (χ2n) is 7.33. The molecule has 0 amide bonds. The third-order valence-corrected chi connectivity index (χ3v) is 3.22. The molecule has 0 aliphatic carbocycles. The molecule has 4 nitrogen and oxygen atoms in total. The quantitative estimate of drug-likeness (QED) is 0.865. The van der Waals surface area contributed by atoms with Crippen molar-refractivity contribution >= 4 is 0 Å². The summed E-state index contributed by atoms with van der Waals surface area (Å²) in [5, 5.41) is 10.6. The Morgan fingerprint density at radius 1 is 0.905 bits per heavy atom. The van der Waals surface area contributed by atoms with Gasteiger partial charge in [0.25, 0.3) is 0 Å². The number of rotatable bonds is 1. The van der Waals surface area contributed by atoms with Gasteiger partial charge in [-0.3, -0.25) is 4.98 Å². The molecule has 0 unspecified atom stereocenters. The molecule has 0 aliphatic heterocycles. The average Bonchev–Trinajstić information content (AvgIpc) is 2.37. The fourth-order valence-corrected chi connectivity index (χ4v) is 2.12. The molecule has 0 aromatic carbocycles. The van der Waals surface area contributed by atoms with Crippen LogP contribution in [0.25, 0.3) is 11.4 Å². The van der Waals surface area contributed by atoms with Crippen LogP contribution in [0, 0.1) is 0 Å². The molecule has 4 heteroatoms. The Kier molecular flexibility index (Phi) is 3.74. The van der Waals surface area contributed by atoms with E-state index in [0.29, 0.717) is 17.2 Å². The molecule has 0 fully saturated rings. The van der Waals surface area contributed by atoms with Crippen LogP contribution in [0.5, 0.6) is 5.75 Å². The number of aromatic hydroxyl groups is 1. The molecule has 0 saturated carbocycles. The van der Waals surface area contributed by atoms with Crippen molar-refractivity contribution < 1.29 is 5.11 Å². The molecule has 2 aromatic rings. The summed E-state index contributed by atoms with van der Waals surface area (Å²) in [5.74, 6) is 0.804. The summed E-state index contributed by atoms with van der Waals surface area (Å²) in [7, 11) is 0. The Hall–Kier alpha value is -1.97. The third-order valence-electron chi connectivity index (χ3n) is 3.22. The number of aromatic nitrogens is 3. The van der Waals surface area contributed by atoms with Crippen LogP contribution in [-0.2, 0) is 10.8 Å². The fraction of sp³-hybridized carbons (Fsp3) is 0.471. The largest absolute Gasteiger partial charge is 0.504 e. The monoisotopic (exact) mass is 285 g/mol. The van der Waals surface area contributed by atoms with E-state index >= 15 is 0 Å². The van der Waals surface area contributed by atoms with Crippen LogP contribution in [0.2, 0.25) is 0 Å². The van der Waals surface area contributed by atoms with E-state index in [4.69, 9.17) is 0 Å². The van der Waals surface area contributed by atoms with Crippen LogP contribution < -0.4 is 0 Å². The normalized spacial score (nSPS) is 12.5. The minimum Gasteiger partial charge on any atom is -0.504 e. The first-order valence-corrected chi connectivity index (χ1v) is 7.13. The lowest BCUT2D eigenvalue weighted by atomic mass is 9.85. The fourth-order valence-electron chi connectivity index (χ4n) is 2.12. The number of hydrogen-bond acceptors (Lipinski definition) is 4. The molecule has 2 rings (SSSR count). The van der Waals surface area contributed by atoms with Gasteiger partial charge in [-0.1, -0.05) is 41.5 Å². The van der Waals surface area contributed by atoms with E-state index < -0.39 is 0 Å². The minimum atomic E-state index is -0.260.